The van der Waals surface area contributed by atoms with Crippen LogP contribution in [-0.4, -0.2) is 28.4 Å². The summed E-state index contributed by atoms with van der Waals surface area (Å²) >= 11 is 5.04. The zero-order chi connectivity index (χ0) is 13.2. The Morgan fingerprint density at radius 3 is 2.41 bits per heavy atom. The first-order chi connectivity index (χ1) is 7.84. The van der Waals surface area contributed by atoms with Gasteiger partial charge in [0, 0.05) is 12.6 Å². The van der Waals surface area contributed by atoms with E-state index in [1.807, 2.05) is 18.7 Å². The van der Waals surface area contributed by atoms with E-state index in [4.69, 9.17) is 18.0 Å². The maximum atomic E-state index is 12.5. The summed E-state index contributed by atoms with van der Waals surface area (Å²) in [6.07, 6.45) is 2.28. The van der Waals surface area contributed by atoms with Gasteiger partial charge in [0.05, 0.1) is 10.9 Å². The van der Waals surface area contributed by atoms with Gasteiger partial charge in [-0.05, 0) is 31.6 Å². The number of carbonyl (C=O) groups is 1. The standard InChI is InChI=1S/C13H24N2OS/c1-8(2)11(12(14)17)13(16)15-7-9(3)5-6-10(15)4/h8-11H,5-7H2,1-4H3,(H2,14,17). The molecule has 1 fully saturated rings. The molecular formula is C13H24N2OS. The average Bonchev–Trinajstić information content (AvgIpc) is 2.20. The van der Waals surface area contributed by atoms with Crippen molar-refractivity contribution in [2.45, 2.75) is 46.6 Å². The highest BCUT2D eigenvalue weighted by Gasteiger charge is 2.34. The highest BCUT2D eigenvalue weighted by atomic mass is 32.1. The minimum Gasteiger partial charge on any atom is -0.393 e. The molecule has 3 nitrogen and oxygen atoms in total. The molecular weight excluding hydrogens is 232 g/mol. The molecule has 1 aliphatic rings. The molecule has 17 heavy (non-hydrogen) atoms. The molecule has 0 aromatic heterocycles. The zero-order valence-corrected chi connectivity index (χ0v) is 12.1. The molecule has 0 bridgehead atoms. The summed E-state index contributed by atoms with van der Waals surface area (Å²) < 4.78 is 0. The second kappa shape index (κ2) is 5.80. The second-order valence-electron chi connectivity index (χ2n) is 5.65. The summed E-state index contributed by atoms with van der Waals surface area (Å²) in [7, 11) is 0. The quantitative estimate of drug-likeness (QED) is 0.787. The predicted molar refractivity (Wildman–Crippen MR) is 74.7 cm³/mol. The van der Waals surface area contributed by atoms with Crippen molar-refractivity contribution in [3.05, 3.63) is 0 Å². The van der Waals surface area contributed by atoms with Gasteiger partial charge in [-0.1, -0.05) is 33.0 Å². The lowest BCUT2D eigenvalue weighted by atomic mass is 9.89. The normalized spacial score (nSPS) is 27.0. The lowest BCUT2D eigenvalue weighted by Crippen LogP contribution is -2.50. The molecule has 2 N–H and O–H groups in total. The van der Waals surface area contributed by atoms with Gasteiger partial charge < -0.3 is 10.6 Å². The summed E-state index contributed by atoms with van der Waals surface area (Å²) in [4.78, 5) is 14.8. The Morgan fingerprint density at radius 1 is 1.35 bits per heavy atom. The molecule has 1 rings (SSSR count). The third kappa shape index (κ3) is 3.41. The first kappa shape index (κ1) is 14.4. The van der Waals surface area contributed by atoms with Gasteiger partial charge in [0.2, 0.25) is 5.91 Å². The van der Waals surface area contributed by atoms with Crippen LogP contribution in [-0.2, 0) is 4.79 Å². The minimum atomic E-state index is -0.308. The van der Waals surface area contributed by atoms with E-state index in [0.717, 1.165) is 13.0 Å². The number of carbonyl (C=O) groups excluding carboxylic acids is 1. The fourth-order valence-electron chi connectivity index (χ4n) is 2.51. The Balaban J connectivity index is 2.82. The van der Waals surface area contributed by atoms with Gasteiger partial charge in [0.25, 0.3) is 0 Å². The molecule has 0 spiro atoms. The van der Waals surface area contributed by atoms with Gasteiger partial charge in [0.1, 0.15) is 0 Å². The molecule has 98 valence electrons. The minimum absolute atomic E-state index is 0.117. The van der Waals surface area contributed by atoms with E-state index in [-0.39, 0.29) is 17.7 Å². The third-order valence-electron chi connectivity index (χ3n) is 3.64. The van der Waals surface area contributed by atoms with Gasteiger partial charge in [-0.2, -0.15) is 0 Å². The fraction of sp³-hybridized carbons (Fsp3) is 0.846. The van der Waals surface area contributed by atoms with Crippen LogP contribution < -0.4 is 5.73 Å². The number of nitrogens with two attached hydrogens (primary N) is 1. The smallest absolute Gasteiger partial charge is 0.233 e. The Kier molecular flexibility index (Phi) is 4.92. The summed E-state index contributed by atoms with van der Waals surface area (Å²) in [5, 5.41) is 0. The molecule has 0 radical (unpaired) electrons. The van der Waals surface area contributed by atoms with Gasteiger partial charge in [-0.25, -0.2) is 0 Å². The van der Waals surface area contributed by atoms with E-state index in [0.29, 0.717) is 16.9 Å². The van der Waals surface area contributed by atoms with Crippen LogP contribution in [0, 0.1) is 17.8 Å². The van der Waals surface area contributed by atoms with Gasteiger partial charge in [-0.15, -0.1) is 0 Å². The third-order valence-corrected chi connectivity index (χ3v) is 3.89. The van der Waals surface area contributed by atoms with Crippen molar-refractivity contribution >= 4 is 23.1 Å². The van der Waals surface area contributed by atoms with Crippen molar-refractivity contribution in [3.8, 4) is 0 Å². The number of nitrogens with zero attached hydrogens (tertiary/aromatic N) is 1. The number of rotatable bonds is 3. The van der Waals surface area contributed by atoms with Crippen LogP contribution >= 0.6 is 12.2 Å². The van der Waals surface area contributed by atoms with Crippen molar-refractivity contribution in [1.82, 2.24) is 4.90 Å². The molecule has 1 aliphatic heterocycles. The van der Waals surface area contributed by atoms with E-state index < -0.39 is 0 Å². The molecule has 0 aliphatic carbocycles. The fourth-order valence-corrected chi connectivity index (χ4v) is 2.88. The molecule has 0 aromatic carbocycles. The molecule has 0 saturated carbocycles. The zero-order valence-electron chi connectivity index (χ0n) is 11.3. The van der Waals surface area contributed by atoms with Crippen LogP contribution in [0.4, 0.5) is 0 Å². The molecule has 0 aromatic rings. The molecule has 1 saturated heterocycles. The monoisotopic (exact) mass is 256 g/mol. The lowest BCUT2D eigenvalue weighted by Gasteiger charge is -2.39. The van der Waals surface area contributed by atoms with Crippen LogP contribution in [0.3, 0.4) is 0 Å². The van der Waals surface area contributed by atoms with Gasteiger partial charge >= 0.3 is 0 Å². The Bertz CT molecular complexity index is 304. The van der Waals surface area contributed by atoms with E-state index in [1.54, 1.807) is 0 Å². The van der Waals surface area contributed by atoms with Gasteiger partial charge in [-0.3, -0.25) is 4.79 Å². The number of piperidine rings is 1. The van der Waals surface area contributed by atoms with Crippen LogP contribution in [0.2, 0.25) is 0 Å². The molecule has 3 unspecified atom stereocenters. The van der Waals surface area contributed by atoms with Gasteiger partial charge in [0.15, 0.2) is 0 Å². The van der Waals surface area contributed by atoms with Crippen LogP contribution in [0.1, 0.15) is 40.5 Å². The van der Waals surface area contributed by atoms with E-state index in [1.165, 1.54) is 6.42 Å². The lowest BCUT2D eigenvalue weighted by molar-refractivity contribution is -0.138. The van der Waals surface area contributed by atoms with E-state index in [2.05, 4.69) is 13.8 Å². The maximum Gasteiger partial charge on any atom is 0.233 e. The highest BCUT2D eigenvalue weighted by Crippen LogP contribution is 2.25. The summed E-state index contributed by atoms with van der Waals surface area (Å²) in [6, 6.07) is 0.314. The SMILES string of the molecule is CC1CCC(C)N(C(=O)C(C(N)=S)C(C)C)C1. The Hall–Kier alpha value is -0.640. The van der Waals surface area contributed by atoms with E-state index in [9.17, 15) is 4.79 Å². The van der Waals surface area contributed by atoms with Crippen LogP contribution in [0.15, 0.2) is 0 Å². The Morgan fingerprint density at radius 2 is 1.94 bits per heavy atom. The van der Waals surface area contributed by atoms with Crippen LogP contribution in [0.5, 0.6) is 0 Å². The Labute approximate surface area is 110 Å². The molecule has 1 heterocycles. The molecule has 1 amide bonds. The number of hydrogen-bond acceptors (Lipinski definition) is 2. The first-order valence-electron chi connectivity index (χ1n) is 6.44. The summed E-state index contributed by atoms with van der Waals surface area (Å²) in [6.45, 7) is 9.14. The van der Waals surface area contributed by atoms with E-state index >= 15 is 0 Å². The summed E-state index contributed by atoms with van der Waals surface area (Å²) in [5.41, 5.74) is 5.71. The number of likely N-dealkylation sites (tertiary alicyclic amines) is 1. The van der Waals surface area contributed by atoms with Crippen molar-refractivity contribution < 1.29 is 4.79 Å². The average molecular weight is 256 g/mol. The highest BCUT2D eigenvalue weighted by molar-refractivity contribution is 7.80. The first-order valence-corrected chi connectivity index (χ1v) is 6.85. The second-order valence-corrected chi connectivity index (χ2v) is 6.12. The van der Waals surface area contributed by atoms with Crippen molar-refractivity contribution in [1.29, 1.82) is 0 Å². The van der Waals surface area contributed by atoms with Crippen molar-refractivity contribution in [3.63, 3.8) is 0 Å². The maximum absolute atomic E-state index is 12.5. The van der Waals surface area contributed by atoms with Crippen molar-refractivity contribution in [2.75, 3.05) is 6.54 Å². The predicted octanol–water partition coefficient (Wildman–Crippen LogP) is 2.19. The van der Waals surface area contributed by atoms with Crippen molar-refractivity contribution in [2.24, 2.45) is 23.5 Å². The number of hydrogen-bond donors (Lipinski definition) is 1. The topological polar surface area (TPSA) is 46.3 Å². The molecule has 3 atom stereocenters. The molecule has 4 heteroatoms. The number of thiocarbonyl (C=S) groups is 1. The number of amides is 1. The van der Waals surface area contributed by atoms with Crippen LogP contribution in [0.25, 0.3) is 0 Å². The summed E-state index contributed by atoms with van der Waals surface area (Å²) in [5.74, 6) is 0.558. The largest absolute Gasteiger partial charge is 0.393 e.